The Hall–Kier alpha value is -3.76. The summed E-state index contributed by atoms with van der Waals surface area (Å²) in [6, 6.07) is 9.22. The zero-order valence-corrected chi connectivity index (χ0v) is 15.5. The number of carbonyl (C=O) groups is 2. The van der Waals surface area contributed by atoms with Crippen LogP contribution in [0.15, 0.2) is 41.5 Å². The number of ether oxygens (including phenoxy) is 1. The van der Waals surface area contributed by atoms with Gasteiger partial charge in [-0.3, -0.25) is 4.79 Å². The Morgan fingerprint density at radius 3 is 2.59 bits per heavy atom. The number of imidazole rings is 1. The number of carbonyl (C=O) groups excluding carboxylic acids is 2. The number of rotatable bonds is 4. The normalized spacial score (nSPS) is 14.8. The monoisotopic (exact) mass is 397 g/mol. The van der Waals surface area contributed by atoms with Crippen LogP contribution in [0.2, 0.25) is 0 Å². The molecule has 2 aromatic heterocycles. The number of hydrogen-bond donors (Lipinski definition) is 1. The zero-order valence-electron chi connectivity index (χ0n) is 15.5. The summed E-state index contributed by atoms with van der Waals surface area (Å²) in [6.07, 6.45) is 1.87. The fraction of sp³-hybridized carbons (Fsp3) is 0.333. The lowest BCUT2D eigenvalue weighted by molar-refractivity contribution is 0.0812. The Bertz CT molecular complexity index is 1100. The van der Waals surface area contributed by atoms with Crippen LogP contribution in [-0.4, -0.2) is 54.4 Å². The Morgan fingerprint density at radius 2 is 1.90 bits per heavy atom. The molecule has 0 aliphatic carbocycles. The number of fused-ring (bicyclic) bond motifs is 1. The van der Waals surface area contributed by atoms with Crippen LogP contribution < -0.4 is 11.4 Å². The van der Waals surface area contributed by atoms with Crippen molar-refractivity contribution in [2.75, 3.05) is 13.1 Å². The molecule has 0 saturated carbocycles. The van der Waals surface area contributed by atoms with Gasteiger partial charge in [0.2, 0.25) is 0 Å². The SMILES string of the molecule is NC(=O)c1ncn2c(=O)n(C3CCN(C(=O)OCc4ccccc4)CC3)nnc12. The van der Waals surface area contributed by atoms with Crippen LogP contribution in [0.4, 0.5) is 4.79 Å². The molecular weight excluding hydrogens is 378 g/mol. The van der Waals surface area contributed by atoms with E-state index in [4.69, 9.17) is 10.5 Å². The van der Waals surface area contributed by atoms with Gasteiger partial charge in [0.1, 0.15) is 12.9 Å². The molecule has 11 nitrogen and oxygen atoms in total. The summed E-state index contributed by atoms with van der Waals surface area (Å²) in [4.78, 5) is 41.7. The first kappa shape index (κ1) is 18.6. The molecule has 11 heteroatoms. The van der Waals surface area contributed by atoms with Gasteiger partial charge in [-0.05, 0) is 18.4 Å². The Labute approximate surface area is 164 Å². The minimum Gasteiger partial charge on any atom is -0.445 e. The van der Waals surface area contributed by atoms with Crippen molar-refractivity contribution < 1.29 is 14.3 Å². The second kappa shape index (κ2) is 7.70. The molecule has 0 atom stereocenters. The molecule has 1 aliphatic rings. The van der Waals surface area contributed by atoms with E-state index in [1.165, 1.54) is 11.0 Å². The van der Waals surface area contributed by atoms with Crippen LogP contribution in [-0.2, 0) is 11.3 Å². The van der Waals surface area contributed by atoms with Gasteiger partial charge in [-0.15, -0.1) is 5.10 Å². The zero-order chi connectivity index (χ0) is 20.4. The number of nitrogens with two attached hydrogens (primary N) is 1. The van der Waals surface area contributed by atoms with Gasteiger partial charge in [-0.1, -0.05) is 35.5 Å². The lowest BCUT2D eigenvalue weighted by Crippen LogP contribution is -2.42. The molecule has 2 N–H and O–H groups in total. The van der Waals surface area contributed by atoms with E-state index >= 15 is 0 Å². The van der Waals surface area contributed by atoms with Gasteiger partial charge in [0.25, 0.3) is 5.91 Å². The predicted octanol–water partition coefficient (Wildman–Crippen LogP) is 0.359. The fourth-order valence-electron chi connectivity index (χ4n) is 3.32. The Balaban J connectivity index is 1.40. The first-order valence-corrected chi connectivity index (χ1v) is 9.12. The lowest BCUT2D eigenvalue weighted by Gasteiger charge is -2.31. The van der Waals surface area contributed by atoms with Crippen molar-refractivity contribution >= 4 is 17.6 Å². The highest BCUT2D eigenvalue weighted by molar-refractivity contribution is 5.96. The quantitative estimate of drug-likeness (QED) is 0.671. The average molecular weight is 397 g/mol. The number of aromatic nitrogens is 5. The van der Waals surface area contributed by atoms with Gasteiger partial charge < -0.3 is 15.4 Å². The van der Waals surface area contributed by atoms with Gasteiger partial charge in [0.05, 0.1) is 6.04 Å². The van der Waals surface area contributed by atoms with E-state index in [1.807, 2.05) is 30.3 Å². The molecule has 1 aliphatic heterocycles. The second-order valence-corrected chi connectivity index (χ2v) is 6.73. The van der Waals surface area contributed by atoms with Crippen LogP contribution in [0.5, 0.6) is 0 Å². The number of primary amides is 1. The van der Waals surface area contributed by atoms with Gasteiger partial charge in [0.15, 0.2) is 11.3 Å². The van der Waals surface area contributed by atoms with E-state index in [-0.39, 0.29) is 30.1 Å². The largest absolute Gasteiger partial charge is 0.445 e. The molecule has 0 spiro atoms. The predicted molar refractivity (Wildman–Crippen MR) is 100 cm³/mol. The summed E-state index contributed by atoms with van der Waals surface area (Å²) in [7, 11) is 0. The fourth-order valence-corrected chi connectivity index (χ4v) is 3.32. The average Bonchev–Trinajstić information content (AvgIpc) is 3.19. The smallest absolute Gasteiger partial charge is 0.410 e. The number of benzene rings is 1. The summed E-state index contributed by atoms with van der Waals surface area (Å²) in [6.45, 7) is 1.08. The topological polar surface area (TPSA) is 138 Å². The van der Waals surface area contributed by atoms with E-state index in [2.05, 4.69) is 15.3 Å². The third-order valence-corrected chi connectivity index (χ3v) is 4.89. The first-order valence-electron chi connectivity index (χ1n) is 9.12. The Kier molecular flexibility index (Phi) is 4.94. The number of amides is 2. The molecule has 4 rings (SSSR count). The van der Waals surface area contributed by atoms with Crippen LogP contribution in [0, 0.1) is 0 Å². The maximum Gasteiger partial charge on any atom is 0.410 e. The van der Waals surface area contributed by atoms with E-state index in [0.29, 0.717) is 25.9 Å². The van der Waals surface area contributed by atoms with Crippen molar-refractivity contribution in [3.63, 3.8) is 0 Å². The first-order chi connectivity index (χ1) is 14.0. The third-order valence-electron chi connectivity index (χ3n) is 4.89. The summed E-state index contributed by atoms with van der Waals surface area (Å²) in [5.41, 5.74) is 5.61. The van der Waals surface area contributed by atoms with Crippen molar-refractivity contribution in [3.05, 3.63) is 58.4 Å². The second-order valence-electron chi connectivity index (χ2n) is 6.73. The number of piperidine rings is 1. The maximum absolute atomic E-state index is 12.7. The number of hydrogen-bond acceptors (Lipinski definition) is 7. The molecule has 0 unspecified atom stereocenters. The van der Waals surface area contributed by atoms with Crippen LogP contribution in [0.25, 0.3) is 5.65 Å². The van der Waals surface area contributed by atoms with Crippen molar-refractivity contribution in [3.8, 4) is 0 Å². The minimum atomic E-state index is -0.777. The van der Waals surface area contributed by atoms with E-state index in [0.717, 1.165) is 9.96 Å². The van der Waals surface area contributed by atoms with Crippen molar-refractivity contribution in [1.82, 2.24) is 29.3 Å². The maximum atomic E-state index is 12.7. The van der Waals surface area contributed by atoms with Crippen LogP contribution in [0.3, 0.4) is 0 Å². The van der Waals surface area contributed by atoms with Crippen LogP contribution in [0.1, 0.15) is 34.9 Å². The van der Waals surface area contributed by atoms with E-state index in [1.54, 1.807) is 4.90 Å². The highest BCUT2D eigenvalue weighted by atomic mass is 16.6. The molecular formula is C18H19N7O4. The van der Waals surface area contributed by atoms with E-state index in [9.17, 15) is 14.4 Å². The molecule has 1 saturated heterocycles. The number of nitrogens with zero attached hydrogens (tertiary/aromatic N) is 6. The molecule has 0 radical (unpaired) electrons. The van der Waals surface area contributed by atoms with Gasteiger partial charge in [0, 0.05) is 13.1 Å². The molecule has 1 fully saturated rings. The molecule has 29 heavy (non-hydrogen) atoms. The molecule has 0 bridgehead atoms. The van der Waals surface area contributed by atoms with Crippen molar-refractivity contribution in [2.24, 2.45) is 5.73 Å². The summed E-state index contributed by atoms with van der Waals surface area (Å²) < 4.78 is 7.75. The minimum absolute atomic E-state index is 0.0284. The molecule has 3 heterocycles. The molecule has 150 valence electrons. The third kappa shape index (κ3) is 3.66. The number of likely N-dealkylation sites (tertiary alicyclic amines) is 1. The van der Waals surface area contributed by atoms with Crippen molar-refractivity contribution in [2.45, 2.75) is 25.5 Å². The standard InChI is InChI=1S/C18H19N7O4/c19-15(26)14-16-21-22-25(17(27)24(16)11-20-14)13-6-8-23(9-7-13)18(28)29-10-12-4-2-1-3-5-12/h1-5,11,13H,6-10H2,(H2,19,26). The van der Waals surface area contributed by atoms with Gasteiger partial charge in [-0.25, -0.2) is 19.0 Å². The lowest BCUT2D eigenvalue weighted by atomic mass is 10.1. The Morgan fingerprint density at radius 1 is 1.17 bits per heavy atom. The van der Waals surface area contributed by atoms with Gasteiger partial charge >= 0.3 is 11.8 Å². The van der Waals surface area contributed by atoms with E-state index < -0.39 is 11.6 Å². The van der Waals surface area contributed by atoms with Crippen molar-refractivity contribution in [1.29, 1.82) is 0 Å². The van der Waals surface area contributed by atoms with Gasteiger partial charge in [-0.2, -0.15) is 4.68 Å². The molecule has 3 aromatic rings. The summed E-state index contributed by atoms with van der Waals surface area (Å²) >= 11 is 0. The molecule has 2 amide bonds. The molecule has 1 aromatic carbocycles. The highest BCUT2D eigenvalue weighted by Gasteiger charge is 2.27. The summed E-state index contributed by atoms with van der Waals surface area (Å²) in [5, 5.41) is 7.87. The summed E-state index contributed by atoms with van der Waals surface area (Å²) in [5.74, 6) is -0.777. The highest BCUT2D eigenvalue weighted by Crippen LogP contribution is 2.21. The van der Waals surface area contributed by atoms with Crippen LogP contribution >= 0.6 is 0 Å².